The predicted molar refractivity (Wildman–Crippen MR) is 119 cm³/mol. The molecule has 2 aromatic rings. The van der Waals surface area contributed by atoms with E-state index in [0.29, 0.717) is 10.5 Å². The summed E-state index contributed by atoms with van der Waals surface area (Å²) in [5.41, 5.74) is 0.162. The second-order valence-corrected chi connectivity index (χ2v) is 12.5. The van der Waals surface area contributed by atoms with E-state index >= 15 is 0 Å². The molecule has 3 N–H and O–H groups in total. The first-order chi connectivity index (χ1) is 15.9. The molecule has 4 unspecified atom stereocenters. The first kappa shape index (κ1) is 24.8. The third kappa shape index (κ3) is 4.51. The van der Waals surface area contributed by atoms with Gasteiger partial charge in [0.1, 0.15) is 12.4 Å². The number of pyridine rings is 1. The number of benzene rings is 1. The smallest absolute Gasteiger partial charge is 0.424 e. The zero-order chi connectivity index (χ0) is 24.7. The Labute approximate surface area is 198 Å². The predicted octanol–water partition coefficient (Wildman–Crippen LogP) is 3.08. The molecule has 2 amide bonds. The number of rotatable bonds is 4. The number of nitrogens with zero attached hydrogens (tertiary/aromatic N) is 2. The van der Waals surface area contributed by atoms with Crippen molar-refractivity contribution in [3.63, 3.8) is 0 Å². The van der Waals surface area contributed by atoms with Crippen LogP contribution in [0.1, 0.15) is 17.4 Å². The van der Waals surface area contributed by atoms with E-state index in [1.807, 2.05) is 0 Å². The molecule has 2 saturated heterocycles. The van der Waals surface area contributed by atoms with Crippen LogP contribution in [-0.4, -0.2) is 61.5 Å². The lowest BCUT2D eigenvalue weighted by Crippen LogP contribution is -2.38. The number of imide groups is 1. The summed E-state index contributed by atoms with van der Waals surface area (Å²) in [6, 6.07) is 6.86. The molecule has 1 aromatic carbocycles. The molecule has 3 heterocycles. The zero-order valence-electron chi connectivity index (χ0n) is 17.3. The van der Waals surface area contributed by atoms with Crippen LogP contribution >= 0.6 is 26.5 Å². The van der Waals surface area contributed by atoms with Gasteiger partial charge in [0.05, 0.1) is 12.1 Å². The van der Waals surface area contributed by atoms with Crippen molar-refractivity contribution in [2.24, 2.45) is 0 Å². The maximum atomic E-state index is 13.2. The SMILES string of the molecule is C=P1(O)OC(c2cc(Cl)ccc2OC(=O)N2CCOC2=O)OP(=O)(O)C1(O)Cc1cccnc1. The molecule has 4 rings (SSSR count). The molecular formula is C19H19ClN2O10P2. The Morgan fingerprint density at radius 3 is 2.74 bits per heavy atom. The fourth-order valence-corrected chi connectivity index (χ4v) is 7.44. The quantitative estimate of drug-likeness (QED) is 0.495. The summed E-state index contributed by atoms with van der Waals surface area (Å²) in [5, 5.41) is 8.40. The Hall–Kier alpha value is -2.27. The maximum Gasteiger partial charge on any atom is 0.424 e. The largest absolute Gasteiger partial charge is 0.447 e. The van der Waals surface area contributed by atoms with Crippen LogP contribution in [-0.2, 0) is 24.8 Å². The van der Waals surface area contributed by atoms with Gasteiger partial charge in [-0.3, -0.25) is 18.6 Å². The number of aliphatic hydroxyl groups is 1. The van der Waals surface area contributed by atoms with Gasteiger partial charge in [0.15, 0.2) is 7.34 Å². The number of ether oxygens (including phenoxy) is 2. The third-order valence-corrected chi connectivity index (χ3v) is 10.4. The molecule has 2 aliphatic heterocycles. The second-order valence-electron chi connectivity index (χ2n) is 7.39. The molecule has 12 nitrogen and oxygen atoms in total. The number of cyclic esters (lactones) is 1. The van der Waals surface area contributed by atoms with Crippen LogP contribution < -0.4 is 4.74 Å². The number of amides is 2. The van der Waals surface area contributed by atoms with E-state index in [9.17, 15) is 29.0 Å². The summed E-state index contributed by atoms with van der Waals surface area (Å²) in [6.07, 6.45) is 1.97. The van der Waals surface area contributed by atoms with Crippen molar-refractivity contribution < 1.29 is 47.6 Å². The minimum Gasteiger partial charge on any atom is -0.447 e. The number of hydrogen-bond acceptors (Lipinski definition) is 10. The van der Waals surface area contributed by atoms with E-state index in [2.05, 4.69) is 11.3 Å². The molecule has 2 aliphatic rings. The van der Waals surface area contributed by atoms with Crippen molar-refractivity contribution in [2.75, 3.05) is 13.2 Å². The minimum absolute atomic E-state index is 0.00150. The van der Waals surface area contributed by atoms with Gasteiger partial charge in [0.2, 0.25) is 11.4 Å². The summed E-state index contributed by atoms with van der Waals surface area (Å²) in [7, 11) is -9.34. The molecule has 182 valence electrons. The van der Waals surface area contributed by atoms with Gasteiger partial charge in [-0.25, -0.2) is 14.5 Å². The Morgan fingerprint density at radius 1 is 1.35 bits per heavy atom. The molecule has 2 fully saturated rings. The molecule has 0 saturated carbocycles. The van der Waals surface area contributed by atoms with Crippen LogP contribution in [0.2, 0.25) is 5.02 Å². The van der Waals surface area contributed by atoms with Gasteiger partial charge in [-0.15, -0.1) is 0 Å². The highest BCUT2D eigenvalue weighted by atomic mass is 35.5. The fraction of sp³-hybridized carbons (Fsp3) is 0.263. The van der Waals surface area contributed by atoms with E-state index < -0.39 is 44.9 Å². The number of aromatic nitrogens is 1. The van der Waals surface area contributed by atoms with Crippen molar-refractivity contribution >= 4 is 45.0 Å². The molecule has 0 bridgehead atoms. The van der Waals surface area contributed by atoms with Crippen LogP contribution in [0.3, 0.4) is 0 Å². The van der Waals surface area contributed by atoms with Crippen LogP contribution in [0.4, 0.5) is 9.59 Å². The van der Waals surface area contributed by atoms with E-state index in [-0.39, 0.29) is 29.5 Å². The Morgan fingerprint density at radius 2 is 2.12 bits per heavy atom. The molecular weight excluding hydrogens is 514 g/mol. The average Bonchev–Trinajstić information content (AvgIpc) is 3.20. The number of halogens is 1. The molecule has 0 radical (unpaired) electrons. The highest BCUT2D eigenvalue weighted by Crippen LogP contribution is 2.79. The summed E-state index contributed by atoms with van der Waals surface area (Å²) in [4.78, 5) is 50.2. The first-order valence-electron chi connectivity index (χ1n) is 9.66. The standard InChI is InChI=1S/C19H19ClN2O10P2/c1-33(26)19(25,10-12-3-2-6-21-11-12)34(27,28)32-16(31-33)14-9-13(20)4-5-15(14)30-18(24)22-7-8-29-17(22)23/h2-6,9,11,16,25-26H,1,7-8,10H2,(H,27,28). The Balaban J connectivity index is 1.66. The van der Waals surface area contributed by atoms with Crippen molar-refractivity contribution in [3.8, 4) is 5.75 Å². The van der Waals surface area contributed by atoms with Crippen LogP contribution in [0.15, 0.2) is 42.7 Å². The average molecular weight is 533 g/mol. The highest BCUT2D eigenvalue weighted by Gasteiger charge is 2.62. The van der Waals surface area contributed by atoms with Crippen molar-refractivity contribution in [3.05, 3.63) is 58.9 Å². The second kappa shape index (κ2) is 9.07. The lowest BCUT2D eigenvalue weighted by molar-refractivity contribution is -0.0482. The van der Waals surface area contributed by atoms with Gasteiger partial charge in [0.25, 0.3) is 0 Å². The summed E-state index contributed by atoms with van der Waals surface area (Å²) >= 11 is 6.04. The monoisotopic (exact) mass is 532 g/mol. The number of carbonyl (C=O) groups excluding carboxylic acids is 2. The van der Waals surface area contributed by atoms with E-state index in [4.69, 9.17) is 30.1 Å². The van der Waals surface area contributed by atoms with Crippen LogP contribution in [0.5, 0.6) is 5.75 Å². The normalized spacial score (nSPS) is 31.2. The van der Waals surface area contributed by atoms with Crippen molar-refractivity contribution in [1.29, 1.82) is 0 Å². The summed E-state index contributed by atoms with van der Waals surface area (Å²) in [6.45, 7) is -0.0348. The summed E-state index contributed by atoms with van der Waals surface area (Å²) < 4.78 is 33.8. The first-order valence-corrected chi connectivity index (χ1v) is 13.5. The lowest BCUT2D eigenvalue weighted by Gasteiger charge is -2.45. The van der Waals surface area contributed by atoms with Gasteiger partial charge in [0, 0.05) is 23.8 Å². The van der Waals surface area contributed by atoms with Crippen LogP contribution in [0, 0.1) is 0 Å². The fourth-order valence-electron chi connectivity index (χ4n) is 3.29. The third-order valence-electron chi connectivity index (χ3n) is 5.09. The molecule has 1 aromatic heterocycles. The van der Waals surface area contributed by atoms with Gasteiger partial charge in [-0.1, -0.05) is 17.7 Å². The number of carbonyl (C=O) groups is 2. The van der Waals surface area contributed by atoms with Gasteiger partial charge >= 0.3 is 19.8 Å². The highest BCUT2D eigenvalue weighted by molar-refractivity contribution is 7.78. The van der Waals surface area contributed by atoms with Gasteiger partial charge < -0.3 is 24.4 Å². The Bertz CT molecular complexity index is 1200. The lowest BCUT2D eigenvalue weighted by atomic mass is 10.2. The molecule has 15 heteroatoms. The molecule has 0 spiro atoms. The van der Waals surface area contributed by atoms with Gasteiger partial charge in [-0.05, 0) is 36.1 Å². The number of hydrogen-bond donors (Lipinski definition) is 3. The van der Waals surface area contributed by atoms with Crippen molar-refractivity contribution in [1.82, 2.24) is 9.88 Å². The Kier molecular flexibility index (Phi) is 6.63. The van der Waals surface area contributed by atoms with E-state index in [1.165, 1.54) is 42.7 Å². The minimum atomic E-state index is -5.05. The molecule has 0 aliphatic carbocycles. The topological polar surface area (TPSA) is 165 Å². The zero-order valence-corrected chi connectivity index (χ0v) is 19.9. The van der Waals surface area contributed by atoms with E-state index in [1.54, 1.807) is 0 Å². The van der Waals surface area contributed by atoms with Crippen LogP contribution in [0.25, 0.3) is 0 Å². The van der Waals surface area contributed by atoms with Crippen molar-refractivity contribution in [2.45, 2.75) is 17.8 Å². The summed E-state index contributed by atoms with van der Waals surface area (Å²) in [5.74, 6) is -0.239. The van der Waals surface area contributed by atoms with Gasteiger partial charge in [-0.2, -0.15) is 0 Å². The molecule has 34 heavy (non-hydrogen) atoms. The molecule has 4 atom stereocenters. The van der Waals surface area contributed by atoms with E-state index in [0.717, 1.165) is 0 Å². The maximum absolute atomic E-state index is 13.2.